The molecule has 0 bridgehead atoms. The third-order valence-corrected chi connectivity index (χ3v) is 7.55. The van der Waals surface area contributed by atoms with Crippen LogP contribution in [-0.4, -0.2) is 24.9 Å². The second-order valence-electron chi connectivity index (χ2n) is 7.85. The van der Waals surface area contributed by atoms with Gasteiger partial charge in [0, 0.05) is 17.5 Å². The SMILES string of the molecule is O=S(=O)(NCC1CCC(c2ncc(C3=CCCC(Cl)=C3)[nH]2)CC1)c1ccccc1. The van der Waals surface area contributed by atoms with E-state index in [9.17, 15) is 8.42 Å². The molecule has 2 aromatic rings. The highest BCUT2D eigenvalue weighted by Gasteiger charge is 2.26. The molecule has 5 nitrogen and oxygen atoms in total. The van der Waals surface area contributed by atoms with Crippen LogP contribution in [0.5, 0.6) is 0 Å². The van der Waals surface area contributed by atoms with Crippen LogP contribution in [0.3, 0.4) is 0 Å². The number of sulfonamides is 1. The molecule has 0 atom stereocenters. The Labute approximate surface area is 177 Å². The third kappa shape index (κ3) is 5.00. The third-order valence-electron chi connectivity index (χ3n) is 5.82. The Bertz CT molecular complexity index is 1000. The van der Waals surface area contributed by atoms with E-state index in [-0.39, 0.29) is 0 Å². The summed E-state index contributed by atoms with van der Waals surface area (Å²) in [4.78, 5) is 8.40. The van der Waals surface area contributed by atoms with Crippen LogP contribution in [-0.2, 0) is 10.0 Å². The highest BCUT2D eigenvalue weighted by molar-refractivity contribution is 7.89. The van der Waals surface area contributed by atoms with E-state index in [4.69, 9.17) is 11.6 Å². The van der Waals surface area contributed by atoms with Crippen molar-refractivity contribution in [2.75, 3.05) is 6.54 Å². The number of allylic oxidation sites excluding steroid dienone is 4. The molecule has 2 aliphatic rings. The van der Waals surface area contributed by atoms with Crippen molar-refractivity contribution in [3.8, 4) is 0 Å². The van der Waals surface area contributed by atoms with Crippen molar-refractivity contribution in [2.45, 2.75) is 49.3 Å². The summed E-state index contributed by atoms with van der Waals surface area (Å²) in [5.74, 6) is 1.79. The number of aromatic nitrogens is 2. The van der Waals surface area contributed by atoms with Crippen molar-refractivity contribution in [1.82, 2.24) is 14.7 Å². The Hall–Kier alpha value is -1.89. The predicted molar refractivity (Wildman–Crippen MR) is 116 cm³/mol. The monoisotopic (exact) mass is 431 g/mol. The average Bonchev–Trinajstić information content (AvgIpc) is 3.24. The van der Waals surface area contributed by atoms with Crippen LogP contribution in [0.15, 0.2) is 58.6 Å². The van der Waals surface area contributed by atoms with Crippen molar-refractivity contribution in [1.29, 1.82) is 0 Å². The first-order chi connectivity index (χ1) is 14.0. The molecule has 0 radical (unpaired) electrons. The summed E-state index contributed by atoms with van der Waals surface area (Å²) in [5, 5.41) is 0.886. The van der Waals surface area contributed by atoms with Gasteiger partial charge in [-0.05, 0) is 68.2 Å². The Kier molecular flexibility index (Phi) is 6.23. The maximum atomic E-state index is 12.4. The lowest BCUT2D eigenvalue weighted by molar-refractivity contribution is 0.320. The Morgan fingerprint density at radius 1 is 1.14 bits per heavy atom. The Balaban J connectivity index is 1.31. The molecule has 0 spiro atoms. The minimum Gasteiger partial charge on any atom is -0.342 e. The van der Waals surface area contributed by atoms with Crippen molar-refractivity contribution in [2.24, 2.45) is 5.92 Å². The first-order valence-electron chi connectivity index (χ1n) is 10.2. The van der Waals surface area contributed by atoms with E-state index in [1.165, 1.54) is 0 Å². The van der Waals surface area contributed by atoms with Gasteiger partial charge in [-0.3, -0.25) is 0 Å². The molecule has 1 heterocycles. The summed E-state index contributed by atoms with van der Waals surface area (Å²) in [5.41, 5.74) is 2.14. The largest absolute Gasteiger partial charge is 0.342 e. The first-order valence-corrected chi connectivity index (χ1v) is 12.0. The number of aromatic amines is 1. The van der Waals surface area contributed by atoms with Gasteiger partial charge in [-0.2, -0.15) is 0 Å². The van der Waals surface area contributed by atoms with Crippen LogP contribution in [0.1, 0.15) is 56.0 Å². The molecule has 1 aromatic heterocycles. The zero-order valence-electron chi connectivity index (χ0n) is 16.3. The molecule has 1 fully saturated rings. The summed E-state index contributed by atoms with van der Waals surface area (Å²) in [7, 11) is -3.43. The fourth-order valence-corrected chi connectivity index (χ4v) is 5.46. The molecule has 0 unspecified atom stereocenters. The van der Waals surface area contributed by atoms with Crippen molar-refractivity contribution >= 4 is 27.2 Å². The van der Waals surface area contributed by atoms with Gasteiger partial charge in [-0.1, -0.05) is 35.9 Å². The lowest BCUT2D eigenvalue weighted by Gasteiger charge is -2.27. The van der Waals surface area contributed by atoms with Gasteiger partial charge in [0.15, 0.2) is 0 Å². The number of H-pyrrole nitrogens is 1. The zero-order chi connectivity index (χ0) is 20.3. The number of halogens is 1. The van der Waals surface area contributed by atoms with E-state index in [2.05, 4.69) is 20.8 Å². The fraction of sp³-hybridized carbons (Fsp3) is 0.409. The standard InChI is InChI=1S/C22H26ClN3O2S/c23-19-6-4-5-18(13-19)21-15-24-22(26-21)17-11-9-16(10-12-17)14-25-29(27,28)20-7-2-1-3-8-20/h1-3,5,7-8,13,15-17,25H,4,6,9-12,14H2,(H,24,26). The molecule has 1 saturated carbocycles. The second-order valence-corrected chi connectivity index (χ2v) is 10.1. The second kappa shape index (κ2) is 8.86. The van der Waals surface area contributed by atoms with E-state index in [1.54, 1.807) is 24.3 Å². The van der Waals surface area contributed by atoms with Gasteiger partial charge < -0.3 is 4.98 Å². The van der Waals surface area contributed by atoms with E-state index >= 15 is 0 Å². The number of hydrogen-bond donors (Lipinski definition) is 2. The van der Waals surface area contributed by atoms with Gasteiger partial charge in [0.25, 0.3) is 0 Å². The molecule has 2 N–H and O–H groups in total. The topological polar surface area (TPSA) is 74.8 Å². The van der Waals surface area contributed by atoms with Crippen LogP contribution >= 0.6 is 11.6 Å². The number of hydrogen-bond acceptors (Lipinski definition) is 3. The predicted octanol–water partition coefficient (Wildman–Crippen LogP) is 4.96. The first kappa shape index (κ1) is 20.4. The minimum absolute atomic E-state index is 0.322. The van der Waals surface area contributed by atoms with E-state index in [0.717, 1.165) is 60.6 Å². The molecule has 2 aliphatic carbocycles. The lowest BCUT2D eigenvalue weighted by Crippen LogP contribution is -2.31. The molecular weight excluding hydrogens is 406 g/mol. The highest BCUT2D eigenvalue weighted by Crippen LogP contribution is 2.35. The summed E-state index contributed by atoms with van der Waals surface area (Å²) in [6, 6.07) is 8.54. The molecule has 4 rings (SSSR count). The molecular formula is C22H26ClN3O2S. The summed E-state index contributed by atoms with van der Waals surface area (Å²) in [6.07, 6.45) is 12.0. The molecule has 0 amide bonds. The summed E-state index contributed by atoms with van der Waals surface area (Å²) < 4.78 is 27.6. The minimum atomic E-state index is -3.43. The molecule has 1 aromatic carbocycles. The van der Waals surface area contributed by atoms with Crippen LogP contribution in [0.4, 0.5) is 0 Å². The van der Waals surface area contributed by atoms with Crippen LogP contribution in [0.2, 0.25) is 0 Å². The number of rotatable bonds is 6. The number of nitrogens with one attached hydrogen (secondary N) is 2. The maximum Gasteiger partial charge on any atom is 0.240 e. The van der Waals surface area contributed by atoms with Gasteiger partial charge >= 0.3 is 0 Å². The lowest BCUT2D eigenvalue weighted by atomic mass is 9.82. The molecule has 0 aliphatic heterocycles. The normalized spacial score (nSPS) is 22.8. The maximum absolute atomic E-state index is 12.4. The van der Waals surface area contributed by atoms with Crippen molar-refractivity contribution in [3.05, 3.63) is 65.2 Å². The fourth-order valence-electron chi connectivity index (χ4n) is 4.09. The Morgan fingerprint density at radius 3 is 2.62 bits per heavy atom. The molecule has 7 heteroatoms. The summed E-state index contributed by atoms with van der Waals surface area (Å²) >= 11 is 6.17. The Morgan fingerprint density at radius 2 is 1.90 bits per heavy atom. The van der Waals surface area contributed by atoms with Crippen LogP contribution < -0.4 is 4.72 Å². The van der Waals surface area contributed by atoms with E-state index in [1.807, 2.05) is 18.3 Å². The molecule has 154 valence electrons. The quantitative estimate of drug-likeness (QED) is 0.678. The number of benzene rings is 1. The molecule has 29 heavy (non-hydrogen) atoms. The van der Waals surface area contributed by atoms with Crippen molar-refractivity contribution in [3.63, 3.8) is 0 Å². The average molecular weight is 432 g/mol. The molecule has 0 saturated heterocycles. The smallest absolute Gasteiger partial charge is 0.240 e. The van der Waals surface area contributed by atoms with Gasteiger partial charge in [-0.25, -0.2) is 18.1 Å². The van der Waals surface area contributed by atoms with Crippen LogP contribution in [0, 0.1) is 5.92 Å². The van der Waals surface area contributed by atoms with Crippen molar-refractivity contribution < 1.29 is 8.42 Å². The van der Waals surface area contributed by atoms with Gasteiger partial charge in [0.1, 0.15) is 5.82 Å². The van der Waals surface area contributed by atoms with E-state index in [0.29, 0.717) is 23.3 Å². The summed E-state index contributed by atoms with van der Waals surface area (Å²) in [6.45, 7) is 0.490. The van der Waals surface area contributed by atoms with Gasteiger partial charge in [0.05, 0.1) is 16.8 Å². The van der Waals surface area contributed by atoms with Crippen LogP contribution in [0.25, 0.3) is 5.57 Å². The van der Waals surface area contributed by atoms with E-state index < -0.39 is 10.0 Å². The zero-order valence-corrected chi connectivity index (χ0v) is 17.8. The highest BCUT2D eigenvalue weighted by atomic mass is 35.5. The number of nitrogens with zero attached hydrogens (tertiary/aromatic N) is 1. The number of imidazole rings is 1. The van der Waals surface area contributed by atoms with Gasteiger partial charge in [0.2, 0.25) is 10.0 Å². The van der Waals surface area contributed by atoms with Gasteiger partial charge in [-0.15, -0.1) is 0 Å².